The van der Waals surface area contributed by atoms with Crippen molar-refractivity contribution < 1.29 is 19.1 Å². The lowest BCUT2D eigenvalue weighted by Gasteiger charge is -2.14. The molecule has 24 heavy (non-hydrogen) atoms. The van der Waals surface area contributed by atoms with Crippen LogP contribution in [0.3, 0.4) is 0 Å². The van der Waals surface area contributed by atoms with Crippen LogP contribution in [-0.4, -0.2) is 17.8 Å². The number of halogens is 1. The summed E-state index contributed by atoms with van der Waals surface area (Å²) in [6.45, 7) is 0.113. The van der Waals surface area contributed by atoms with E-state index in [1.165, 1.54) is 6.07 Å². The number of anilines is 1. The smallest absolute Gasteiger partial charge is 0.338 e. The maximum atomic E-state index is 12.2. The predicted octanol–water partition coefficient (Wildman–Crippen LogP) is 3.35. The van der Waals surface area contributed by atoms with Crippen molar-refractivity contribution in [1.29, 1.82) is 0 Å². The van der Waals surface area contributed by atoms with Crippen molar-refractivity contribution in [3.63, 3.8) is 0 Å². The van der Waals surface area contributed by atoms with Crippen LogP contribution >= 0.6 is 11.6 Å². The maximum absolute atomic E-state index is 12.2. The largest absolute Gasteiger partial charge is 0.457 e. The molecule has 1 saturated heterocycles. The second-order valence-electron chi connectivity index (χ2n) is 5.38. The zero-order chi connectivity index (χ0) is 17.1. The molecule has 122 valence electrons. The van der Waals surface area contributed by atoms with Crippen molar-refractivity contribution in [2.45, 2.75) is 19.4 Å². The minimum atomic E-state index is -0.522. The van der Waals surface area contributed by atoms with E-state index < -0.39 is 5.97 Å². The van der Waals surface area contributed by atoms with Gasteiger partial charge >= 0.3 is 5.97 Å². The van der Waals surface area contributed by atoms with Gasteiger partial charge in [0.05, 0.1) is 11.3 Å². The highest BCUT2D eigenvalue weighted by molar-refractivity contribution is 6.30. The minimum Gasteiger partial charge on any atom is -0.457 e. The number of hydrogen-bond donors (Lipinski definition) is 0. The Kier molecular flexibility index (Phi) is 4.62. The molecule has 0 radical (unpaired) electrons. The zero-order valence-corrected chi connectivity index (χ0v) is 13.5. The van der Waals surface area contributed by atoms with Gasteiger partial charge in [-0.1, -0.05) is 29.8 Å². The third kappa shape index (κ3) is 3.46. The Labute approximate surface area is 143 Å². The van der Waals surface area contributed by atoms with Gasteiger partial charge < -0.3 is 4.74 Å². The van der Waals surface area contributed by atoms with Crippen LogP contribution < -0.4 is 4.90 Å². The van der Waals surface area contributed by atoms with Crippen molar-refractivity contribution in [3.05, 3.63) is 64.7 Å². The number of carbonyl (C=O) groups is 3. The normalized spacial score (nSPS) is 14.1. The van der Waals surface area contributed by atoms with Crippen LogP contribution in [0.4, 0.5) is 5.69 Å². The molecule has 2 amide bonds. The van der Waals surface area contributed by atoms with Gasteiger partial charge in [-0.15, -0.1) is 0 Å². The first-order valence-electron chi connectivity index (χ1n) is 7.42. The molecular formula is C18H14ClNO4. The Balaban J connectivity index is 1.71. The van der Waals surface area contributed by atoms with Crippen LogP contribution in [-0.2, 0) is 20.9 Å². The maximum Gasteiger partial charge on any atom is 0.338 e. The summed E-state index contributed by atoms with van der Waals surface area (Å²) >= 11 is 5.81. The van der Waals surface area contributed by atoms with Crippen molar-refractivity contribution in [3.8, 4) is 0 Å². The average molecular weight is 344 g/mol. The second-order valence-corrected chi connectivity index (χ2v) is 5.81. The van der Waals surface area contributed by atoms with E-state index in [1.54, 1.807) is 42.5 Å². The molecule has 0 saturated carbocycles. The number of carbonyl (C=O) groups excluding carboxylic acids is 3. The molecule has 0 aromatic heterocycles. The fourth-order valence-corrected chi connectivity index (χ4v) is 2.58. The molecule has 1 aliphatic rings. The molecule has 2 aromatic carbocycles. The Bertz CT molecular complexity index is 785. The van der Waals surface area contributed by atoms with Crippen LogP contribution in [0.5, 0.6) is 0 Å². The van der Waals surface area contributed by atoms with E-state index in [4.69, 9.17) is 16.3 Å². The fourth-order valence-electron chi connectivity index (χ4n) is 2.45. The lowest BCUT2D eigenvalue weighted by Crippen LogP contribution is -2.28. The van der Waals surface area contributed by atoms with E-state index in [9.17, 15) is 14.4 Å². The molecule has 0 unspecified atom stereocenters. The number of imide groups is 1. The molecule has 0 bridgehead atoms. The van der Waals surface area contributed by atoms with Gasteiger partial charge in [-0.3, -0.25) is 14.5 Å². The third-order valence-electron chi connectivity index (χ3n) is 3.67. The van der Waals surface area contributed by atoms with Gasteiger partial charge in [-0.25, -0.2) is 4.79 Å². The minimum absolute atomic E-state index is 0.113. The second kappa shape index (κ2) is 6.84. The fraction of sp³-hybridized carbons (Fsp3) is 0.167. The summed E-state index contributed by atoms with van der Waals surface area (Å²) in [6, 6.07) is 13.3. The van der Waals surface area contributed by atoms with Crippen molar-refractivity contribution in [2.24, 2.45) is 0 Å². The van der Waals surface area contributed by atoms with Crippen molar-refractivity contribution in [2.75, 3.05) is 4.90 Å². The quantitative estimate of drug-likeness (QED) is 0.631. The number of esters is 1. The van der Waals surface area contributed by atoms with Crippen LogP contribution in [0.1, 0.15) is 28.8 Å². The van der Waals surface area contributed by atoms with Crippen LogP contribution in [0.15, 0.2) is 48.5 Å². The predicted molar refractivity (Wildman–Crippen MR) is 88.7 cm³/mol. The monoisotopic (exact) mass is 343 g/mol. The van der Waals surface area contributed by atoms with Gasteiger partial charge in [0.15, 0.2) is 0 Å². The van der Waals surface area contributed by atoms with E-state index in [2.05, 4.69) is 0 Å². The van der Waals surface area contributed by atoms with Gasteiger partial charge in [-0.05, 0) is 35.9 Å². The summed E-state index contributed by atoms with van der Waals surface area (Å²) in [4.78, 5) is 36.9. The number of hydrogen-bond acceptors (Lipinski definition) is 4. The van der Waals surface area contributed by atoms with Gasteiger partial charge in [0.2, 0.25) is 11.8 Å². The van der Waals surface area contributed by atoms with E-state index in [0.29, 0.717) is 10.7 Å². The van der Waals surface area contributed by atoms with Gasteiger partial charge in [0, 0.05) is 17.9 Å². The van der Waals surface area contributed by atoms with E-state index in [0.717, 1.165) is 10.5 Å². The molecule has 0 aliphatic carbocycles. The summed E-state index contributed by atoms with van der Waals surface area (Å²) < 4.78 is 5.25. The Morgan fingerprint density at radius 1 is 1.04 bits per heavy atom. The molecular weight excluding hydrogens is 330 g/mol. The summed E-state index contributed by atoms with van der Waals surface area (Å²) in [5, 5.41) is 0.609. The molecule has 5 nitrogen and oxygen atoms in total. The zero-order valence-electron chi connectivity index (χ0n) is 12.7. The van der Waals surface area contributed by atoms with Crippen LogP contribution in [0, 0.1) is 0 Å². The Morgan fingerprint density at radius 2 is 1.71 bits per heavy atom. The Hall–Kier alpha value is -2.66. The summed E-state index contributed by atoms with van der Waals surface area (Å²) in [5.41, 5.74) is 1.49. The highest BCUT2D eigenvalue weighted by atomic mass is 35.5. The SMILES string of the molecule is O=C(OCc1ccc(Cl)cc1)c1cccc(N2C(=O)CCC2=O)c1. The van der Waals surface area contributed by atoms with Gasteiger partial charge in [0.25, 0.3) is 0 Å². The highest BCUT2D eigenvalue weighted by Crippen LogP contribution is 2.23. The van der Waals surface area contributed by atoms with Crippen molar-refractivity contribution in [1.82, 2.24) is 0 Å². The lowest BCUT2D eigenvalue weighted by atomic mass is 10.2. The summed E-state index contributed by atoms with van der Waals surface area (Å²) in [7, 11) is 0. The van der Waals surface area contributed by atoms with E-state index >= 15 is 0 Å². The number of rotatable bonds is 4. The standard InChI is InChI=1S/C18H14ClNO4/c19-14-6-4-12(5-7-14)11-24-18(23)13-2-1-3-15(10-13)20-16(21)8-9-17(20)22/h1-7,10H,8-9,11H2. The first-order valence-corrected chi connectivity index (χ1v) is 7.80. The molecule has 3 rings (SSSR count). The first kappa shape index (κ1) is 16.2. The van der Waals surface area contributed by atoms with Crippen LogP contribution in [0.2, 0.25) is 5.02 Å². The van der Waals surface area contributed by atoms with E-state index in [-0.39, 0.29) is 36.8 Å². The van der Waals surface area contributed by atoms with Crippen molar-refractivity contribution >= 4 is 35.1 Å². The number of amides is 2. The number of benzene rings is 2. The third-order valence-corrected chi connectivity index (χ3v) is 3.93. The topological polar surface area (TPSA) is 63.7 Å². The van der Waals surface area contributed by atoms with Gasteiger partial charge in [-0.2, -0.15) is 0 Å². The molecule has 1 fully saturated rings. The molecule has 0 atom stereocenters. The first-order chi connectivity index (χ1) is 11.5. The molecule has 2 aromatic rings. The molecule has 0 spiro atoms. The lowest BCUT2D eigenvalue weighted by molar-refractivity contribution is -0.121. The number of nitrogens with zero attached hydrogens (tertiary/aromatic N) is 1. The summed E-state index contributed by atoms with van der Waals surface area (Å²) in [6.07, 6.45) is 0.397. The Morgan fingerprint density at radius 3 is 2.38 bits per heavy atom. The molecule has 1 aliphatic heterocycles. The van der Waals surface area contributed by atoms with Crippen LogP contribution in [0.25, 0.3) is 0 Å². The molecule has 1 heterocycles. The van der Waals surface area contributed by atoms with E-state index in [1.807, 2.05) is 0 Å². The molecule has 0 N–H and O–H groups in total. The molecule has 6 heteroatoms. The average Bonchev–Trinajstić information content (AvgIpc) is 2.93. The summed E-state index contributed by atoms with van der Waals surface area (Å²) in [5.74, 6) is -1.04. The highest BCUT2D eigenvalue weighted by Gasteiger charge is 2.30. The van der Waals surface area contributed by atoms with Gasteiger partial charge in [0.1, 0.15) is 6.61 Å². The number of ether oxygens (including phenoxy) is 1.